The minimum absolute atomic E-state index is 0.105. The van der Waals surface area contributed by atoms with Crippen LogP contribution in [0.4, 0.5) is 0 Å². The first-order valence-corrected chi connectivity index (χ1v) is 9.99. The third-order valence-electron chi connectivity index (χ3n) is 5.67. The molecule has 0 aromatic heterocycles. The molecule has 0 spiro atoms. The minimum Gasteiger partial charge on any atom is -0.480 e. The van der Waals surface area contributed by atoms with Crippen LogP contribution >= 0.6 is 0 Å². The number of carboxylic acid groups (broad SMARTS) is 2. The lowest BCUT2D eigenvalue weighted by atomic mass is 9.83. The standard InChI is InChI=1S/C20H32N2O8/c1-11-13(15(23)24)21(9-29-11)18(28)20(5,6)8-7-12-14(16(25)26)22(10-30-12)17(27)19(2,3)4/h11-14H,7-10H2,1-6H3,(H,23,24)(H,25,26)/t11-,12+,13+,14-/m1/s1. The molecule has 0 saturated carbocycles. The fraction of sp³-hybridized carbons (Fsp3) is 0.800. The van der Waals surface area contributed by atoms with E-state index in [0.717, 1.165) is 0 Å². The van der Waals surface area contributed by atoms with Crippen LogP contribution in [0, 0.1) is 10.8 Å². The van der Waals surface area contributed by atoms with Crippen LogP contribution < -0.4 is 0 Å². The Morgan fingerprint density at radius 2 is 1.37 bits per heavy atom. The third kappa shape index (κ3) is 4.75. The molecule has 2 heterocycles. The summed E-state index contributed by atoms with van der Waals surface area (Å²) in [6, 6.07) is -2.20. The minimum atomic E-state index is -1.16. The van der Waals surface area contributed by atoms with Crippen molar-refractivity contribution in [2.75, 3.05) is 13.5 Å². The number of carbonyl (C=O) groups is 4. The summed E-state index contributed by atoms with van der Waals surface area (Å²) < 4.78 is 10.9. The molecule has 10 nitrogen and oxygen atoms in total. The van der Waals surface area contributed by atoms with Gasteiger partial charge in [0.05, 0.1) is 12.2 Å². The molecule has 30 heavy (non-hydrogen) atoms. The Balaban J connectivity index is 2.09. The summed E-state index contributed by atoms with van der Waals surface area (Å²) in [6.07, 6.45) is -0.889. The van der Waals surface area contributed by atoms with Gasteiger partial charge in [-0.05, 0) is 19.8 Å². The second kappa shape index (κ2) is 8.50. The number of hydrogen-bond acceptors (Lipinski definition) is 6. The van der Waals surface area contributed by atoms with Crippen LogP contribution in [-0.4, -0.2) is 81.5 Å². The van der Waals surface area contributed by atoms with E-state index in [1.165, 1.54) is 9.80 Å². The zero-order valence-corrected chi connectivity index (χ0v) is 18.4. The van der Waals surface area contributed by atoms with E-state index in [9.17, 15) is 29.4 Å². The monoisotopic (exact) mass is 428 g/mol. The van der Waals surface area contributed by atoms with Gasteiger partial charge < -0.3 is 29.5 Å². The van der Waals surface area contributed by atoms with Crippen LogP contribution in [-0.2, 0) is 28.7 Å². The number of nitrogens with zero attached hydrogens (tertiary/aromatic N) is 2. The van der Waals surface area contributed by atoms with E-state index in [1.54, 1.807) is 41.5 Å². The molecule has 0 unspecified atom stereocenters. The second-order valence-corrected chi connectivity index (χ2v) is 9.62. The van der Waals surface area contributed by atoms with Crippen LogP contribution in [0.2, 0.25) is 0 Å². The third-order valence-corrected chi connectivity index (χ3v) is 5.67. The van der Waals surface area contributed by atoms with Gasteiger partial charge in [0.25, 0.3) is 0 Å². The summed E-state index contributed by atoms with van der Waals surface area (Å²) in [5.74, 6) is -3.00. The Bertz CT molecular complexity index is 714. The average molecular weight is 428 g/mol. The number of amides is 2. The summed E-state index contributed by atoms with van der Waals surface area (Å²) in [5, 5.41) is 19.1. The van der Waals surface area contributed by atoms with Crippen molar-refractivity contribution in [1.29, 1.82) is 0 Å². The maximum absolute atomic E-state index is 13.0. The van der Waals surface area contributed by atoms with Gasteiger partial charge in [-0.2, -0.15) is 0 Å². The predicted octanol–water partition coefficient (Wildman–Crippen LogP) is 1.14. The molecule has 2 N–H and O–H groups in total. The van der Waals surface area contributed by atoms with Gasteiger partial charge in [0.1, 0.15) is 13.5 Å². The molecule has 0 bridgehead atoms. The first kappa shape index (κ1) is 24.1. The molecule has 2 saturated heterocycles. The molecule has 2 rings (SSSR count). The lowest BCUT2D eigenvalue weighted by Gasteiger charge is -2.32. The molecule has 0 radical (unpaired) electrons. The maximum atomic E-state index is 13.0. The molecule has 0 aromatic rings. The molecule has 10 heteroatoms. The Hall–Kier alpha value is -2.20. The summed E-state index contributed by atoms with van der Waals surface area (Å²) in [4.78, 5) is 51.4. The highest BCUT2D eigenvalue weighted by atomic mass is 16.5. The average Bonchev–Trinajstić information content (AvgIpc) is 3.21. The van der Waals surface area contributed by atoms with Gasteiger partial charge in [-0.25, -0.2) is 9.59 Å². The van der Waals surface area contributed by atoms with Gasteiger partial charge in [-0.15, -0.1) is 0 Å². The largest absolute Gasteiger partial charge is 0.480 e. The van der Waals surface area contributed by atoms with Crippen LogP contribution in [0.25, 0.3) is 0 Å². The van der Waals surface area contributed by atoms with Crippen molar-refractivity contribution < 1.29 is 38.9 Å². The summed E-state index contributed by atoms with van der Waals surface area (Å²) >= 11 is 0. The first-order chi connectivity index (χ1) is 13.7. The van der Waals surface area contributed by atoms with E-state index >= 15 is 0 Å². The highest BCUT2D eigenvalue weighted by Gasteiger charge is 2.48. The number of carbonyl (C=O) groups excluding carboxylic acids is 2. The second-order valence-electron chi connectivity index (χ2n) is 9.62. The molecule has 2 aliphatic heterocycles. The first-order valence-electron chi connectivity index (χ1n) is 9.99. The summed E-state index contributed by atoms with van der Waals surface area (Å²) in [5.41, 5.74) is -1.71. The van der Waals surface area contributed by atoms with E-state index in [4.69, 9.17) is 9.47 Å². The van der Waals surface area contributed by atoms with Crippen molar-refractivity contribution in [2.45, 2.75) is 78.7 Å². The summed E-state index contributed by atoms with van der Waals surface area (Å²) in [6.45, 7) is 9.87. The van der Waals surface area contributed by atoms with Crippen molar-refractivity contribution in [1.82, 2.24) is 9.80 Å². The molecule has 4 atom stereocenters. The fourth-order valence-electron chi connectivity index (χ4n) is 3.84. The van der Waals surface area contributed by atoms with E-state index < -0.39 is 47.1 Å². The number of rotatable bonds is 6. The van der Waals surface area contributed by atoms with Gasteiger partial charge in [-0.3, -0.25) is 9.59 Å². The topological polar surface area (TPSA) is 134 Å². The van der Waals surface area contributed by atoms with Gasteiger partial charge >= 0.3 is 11.9 Å². The number of carboxylic acids is 2. The summed E-state index contributed by atoms with van der Waals surface area (Å²) in [7, 11) is 0. The van der Waals surface area contributed by atoms with Crippen molar-refractivity contribution in [3.05, 3.63) is 0 Å². The van der Waals surface area contributed by atoms with Crippen LogP contribution in [0.3, 0.4) is 0 Å². The van der Waals surface area contributed by atoms with Gasteiger partial charge in [0, 0.05) is 10.8 Å². The smallest absolute Gasteiger partial charge is 0.329 e. The zero-order chi connectivity index (χ0) is 23.0. The van der Waals surface area contributed by atoms with Gasteiger partial charge in [0.2, 0.25) is 11.8 Å². The SMILES string of the molecule is C[C@H]1OCN(C(=O)C(C)(C)CC[C@@H]2OCN(C(=O)C(C)(C)C)[C@H]2C(=O)O)[C@@H]1C(=O)O. The molecule has 2 aliphatic rings. The maximum Gasteiger partial charge on any atom is 0.329 e. The number of ether oxygens (including phenoxy) is 2. The Morgan fingerprint density at radius 3 is 1.87 bits per heavy atom. The number of aliphatic carboxylic acids is 2. The zero-order valence-electron chi connectivity index (χ0n) is 18.4. The Morgan fingerprint density at radius 1 is 0.867 bits per heavy atom. The highest BCUT2D eigenvalue weighted by Crippen LogP contribution is 2.34. The molecular weight excluding hydrogens is 396 g/mol. The highest BCUT2D eigenvalue weighted by molar-refractivity contribution is 5.88. The molecule has 0 aromatic carbocycles. The Labute approximate surface area is 176 Å². The van der Waals surface area contributed by atoms with Gasteiger partial charge in [-0.1, -0.05) is 34.6 Å². The Kier molecular flexibility index (Phi) is 6.82. The fourth-order valence-corrected chi connectivity index (χ4v) is 3.84. The van der Waals surface area contributed by atoms with E-state index in [2.05, 4.69) is 0 Å². The van der Waals surface area contributed by atoms with Crippen LogP contribution in [0.5, 0.6) is 0 Å². The van der Waals surface area contributed by atoms with Crippen molar-refractivity contribution in [2.24, 2.45) is 10.8 Å². The van der Waals surface area contributed by atoms with Crippen molar-refractivity contribution in [3.8, 4) is 0 Å². The van der Waals surface area contributed by atoms with Crippen molar-refractivity contribution >= 4 is 23.8 Å². The van der Waals surface area contributed by atoms with Crippen LogP contribution in [0.15, 0.2) is 0 Å². The van der Waals surface area contributed by atoms with E-state index in [0.29, 0.717) is 0 Å². The molecular formula is C20H32N2O8. The van der Waals surface area contributed by atoms with E-state index in [1.807, 2.05) is 0 Å². The molecule has 2 amide bonds. The lowest BCUT2D eigenvalue weighted by molar-refractivity contribution is -0.153. The molecule has 0 aliphatic carbocycles. The van der Waals surface area contributed by atoms with E-state index in [-0.39, 0.29) is 38.1 Å². The van der Waals surface area contributed by atoms with Crippen molar-refractivity contribution in [3.63, 3.8) is 0 Å². The molecule has 2 fully saturated rings. The van der Waals surface area contributed by atoms with Gasteiger partial charge in [0.15, 0.2) is 12.1 Å². The predicted molar refractivity (Wildman–Crippen MR) is 104 cm³/mol. The quantitative estimate of drug-likeness (QED) is 0.643. The lowest BCUT2D eigenvalue weighted by Crippen LogP contribution is -2.50. The molecule has 170 valence electrons. The normalized spacial score (nSPS) is 27.4. The number of hydrogen-bond donors (Lipinski definition) is 2. The van der Waals surface area contributed by atoms with Crippen LogP contribution in [0.1, 0.15) is 54.4 Å².